The molecule has 0 saturated carbocycles. The number of thioether (sulfide) groups is 1. The summed E-state index contributed by atoms with van der Waals surface area (Å²) < 4.78 is 0.477. The van der Waals surface area contributed by atoms with Gasteiger partial charge < -0.3 is 5.32 Å². The van der Waals surface area contributed by atoms with Crippen LogP contribution in [0.5, 0.6) is 0 Å². The van der Waals surface area contributed by atoms with Gasteiger partial charge in [-0.3, -0.25) is 14.5 Å². The average Bonchev–Trinajstić information content (AvgIpc) is 3.30. The molecule has 0 unspecified atom stereocenters. The zero-order chi connectivity index (χ0) is 17.8. The van der Waals surface area contributed by atoms with E-state index >= 15 is 0 Å². The van der Waals surface area contributed by atoms with Crippen LogP contribution in [0.4, 0.5) is 5.13 Å². The molecule has 0 aliphatic carbocycles. The van der Waals surface area contributed by atoms with E-state index in [0.29, 0.717) is 14.4 Å². The lowest BCUT2D eigenvalue weighted by Gasteiger charge is -2.13. The van der Waals surface area contributed by atoms with Crippen LogP contribution >= 0.6 is 46.7 Å². The molecule has 1 N–H and O–H groups in total. The minimum atomic E-state index is -0.213. The monoisotopic (exact) mass is 410 g/mol. The van der Waals surface area contributed by atoms with Crippen LogP contribution in [-0.2, 0) is 16.0 Å². The van der Waals surface area contributed by atoms with Gasteiger partial charge in [0.1, 0.15) is 9.33 Å². The van der Waals surface area contributed by atoms with Crippen LogP contribution in [0.15, 0.2) is 22.4 Å². The van der Waals surface area contributed by atoms with Gasteiger partial charge in [-0.1, -0.05) is 48.3 Å². The summed E-state index contributed by atoms with van der Waals surface area (Å²) in [5.74, 6) is -0.365. The maximum Gasteiger partial charge on any atom is 0.266 e. The van der Waals surface area contributed by atoms with Gasteiger partial charge in [0.15, 0.2) is 0 Å². The van der Waals surface area contributed by atoms with Gasteiger partial charge in [0.2, 0.25) is 11.0 Å². The van der Waals surface area contributed by atoms with Crippen molar-refractivity contribution >= 4 is 74.0 Å². The molecular formula is C15H14N4O2S4. The van der Waals surface area contributed by atoms with Crippen molar-refractivity contribution in [1.29, 1.82) is 0 Å². The highest BCUT2D eigenvalue weighted by Gasteiger charge is 2.32. The maximum absolute atomic E-state index is 12.5. The Balaban J connectivity index is 1.56. The molecule has 10 heteroatoms. The maximum atomic E-state index is 12.5. The largest absolute Gasteiger partial charge is 0.300 e. The minimum absolute atomic E-state index is 0.152. The second kappa shape index (κ2) is 8.17. The standard InChI is InChI=1S/C15H14N4O2S4/c1-2-12-17-18-14(25-12)16-11(20)5-6-19-13(21)10(24-15(19)22)8-9-4-3-7-23-9/h3-4,7-8H,2,5-6H2,1H3,(H,16,18,20)/b10-8+. The Bertz CT molecular complexity index is 828. The van der Waals surface area contributed by atoms with Crippen LogP contribution < -0.4 is 5.32 Å². The number of rotatable bonds is 6. The third-order valence-electron chi connectivity index (χ3n) is 3.27. The van der Waals surface area contributed by atoms with Gasteiger partial charge in [-0.2, -0.15) is 0 Å². The lowest BCUT2D eigenvalue weighted by Crippen LogP contribution is -2.31. The second-order valence-corrected chi connectivity index (χ2v) is 8.72. The first-order valence-corrected chi connectivity index (χ1v) is 10.4. The highest BCUT2D eigenvalue weighted by molar-refractivity contribution is 8.26. The fourth-order valence-corrected chi connectivity index (χ4v) is 4.76. The van der Waals surface area contributed by atoms with E-state index in [4.69, 9.17) is 12.2 Å². The van der Waals surface area contributed by atoms with Crippen molar-refractivity contribution in [3.8, 4) is 0 Å². The summed E-state index contributed by atoms with van der Waals surface area (Å²) in [5, 5.41) is 13.9. The molecule has 130 valence electrons. The zero-order valence-corrected chi connectivity index (χ0v) is 16.5. The number of anilines is 1. The number of carbonyl (C=O) groups excluding carboxylic acids is 2. The summed E-state index contributed by atoms with van der Waals surface area (Å²) in [7, 11) is 0. The summed E-state index contributed by atoms with van der Waals surface area (Å²) in [6, 6.07) is 3.87. The molecule has 3 heterocycles. The van der Waals surface area contributed by atoms with E-state index < -0.39 is 0 Å². The molecule has 0 aromatic carbocycles. The number of carbonyl (C=O) groups is 2. The Morgan fingerprint density at radius 2 is 2.28 bits per heavy atom. The predicted octanol–water partition coefficient (Wildman–Crippen LogP) is 3.39. The van der Waals surface area contributed by atoms with Crippen LogP contribution in [0.3, 0.4) is 0 Å². The van der Waals surface area contributed by atoms with Gasteiger partial charge >= 0.3 is 0 Å². The lowest BCUT2D eigenvalue weighted by molar-refractivity contribution is -0.122. The Morgan fingerprint density at radius 3 is 2.96 bits per heavy atom. The van der Waals surface area contributed by atoms with Crippen molar-refractivity contribution in [1.82, 2.24) is 15.1 Å². The van der Waals surface area contributed by atoms with Gasteiger partial charge in [0.05, 0.1) is 4.91 Å². The van der Waals surface area contributed by atoms with Crippen molar-refractivity contribution in [3.63, 3.8) is 0 Å². The number of thiophene rings is 1. The van der Waals surface area contributed by atoms with Gasteiger partial charge in [-0.15, -0.1) is 21.5 Å². The molecule has 1 aliphatic rings. The van der Waals surface area contributed by atoms with Gasteiger partial charge in [-0.05, 0) is 23.9 Å². The van der Waals surface area contributed by atoms with Gasteiger partial charge in [0.25, 0.3) is 5.91 Å². The number of aromatic nitrogens is 2. The molecule has 0 spiro atoms. The molecule has 25 heavy (non-hydrogen) atoms. The van der Waals surface area contributed by atoms with Gasteiger partial charge in [-0.25, -0.2) is 0 Å². The number of hydrogen-bond donors (Lipinski definition) is 1. The summed E-state index contributed by atoms with van der Waals surface area (Å²) in [4.78, 5) is 27.6. The lowest BCUT2D eigenvalue weighted by atomic mass is 10.3. The first-order chi connectivity index (χ1) is 12.1. The molecule has 1 fully saturated rings. The molecule has 6 nitrogen and oxygen atoms in total. The number of hydrogen-bond acceptors (Lipinski definition) is 8. The Labute approximate surface area is 162 Å². The Morgan fingerprint density at radius 1 is 1.44 bits per heavy atom. The molecule has 0 bridgehead atoms. The molecule has 1 aliphatic heterocycles. The third kappa shape index (κ3) is 4.51. The van der Waals surface area contributed by atoms with Crippen LogP contribution in [-0.4, -0.2) is 37.8 Å². The minimum Gasteiger partial charge on any atom is -0.300 e. The van der Waals surface area contributed by atoms with E-state index in [-0.39, 0.29) is 24.8 Å². The Kier molecular flexibility index (Phi) is 5.94. The number of nitrogens with one attached hydrogen (secondary N) is 1. The summed E-state index contributed by atoms with van der Waals surface area (Å²) in [5.41, 5.74) is 0. The fraction of sp³-hybridized carbons (Fsp3) is 0.267. The van der Waals surface area contributed by atoms with Crippen LogP contribution in [0, 0.1) is 0 Å². The number of thiocarbonyl (C=S) groups is 1. The van der Waals surface area contributed by atoms with E-state index in [2.05, 4.69) is 15.5 Å². The molecule has 0 radical (unpaired) electrons. The first kappa shape index (κ1) is 18.2. The predicted molar refractivity (Wildman–Crippen MR) is 107 cm³/mol. The first-order valence-electron chi connectivity index (χ1n) is 7.48. The van der Waals surface area contributed by atoms with E-state index in [0.717, 1.165) is 16.3 Å². The number of aryl methyl sites for hydroxylation is 1. The van der Waals surface area contributed by atoms with E-state index in [9.17, 15) is 9.59 Å². The van der Waals surface area contributed by atoms with Crippen molar-refractivity contribution < 1.29 is 9.59 Å². The molecule has 2 amide bonds. The average molecular weight is 411 g/mol. The fourth-order valence-electron chi connectivity index (χ4n) is 2.04. The topological polar surface area (TPSA) is 75.2 Å². The molecule has 3 rings (SSSR count). The highest BCUT2D eigenvalue weighted by atomic mass is 32.2. The van der Waals surface area contributed by atoms with E-state index in [1.54, 1.807) is 11.3 Å². The third-order valence-corrected chi connectivity index (χ3v) is 6.45. The summed E-state index contributed by atoms with van der Waals surface area (Å²) in [6.07, 6.45) is 2.76. The molecule has 2 aromatic heterocycles. The van der Waals surface area contributed by atoms with E-state index in [1.807, 2.05) is 30.5 Å². The smallest absolute Gasteiger partial charge is 0.266 e. The SMILES string of the molecule is CCc1nnc(NC(=O)CCN2C(=O)/C(=C\c3cccs3)SC2=S)s1. The molecule has 1 saturated heterocycles. The zero-order valence-electron chi connectivity index (χ0n) is 13.2. The van der Waals surface area contributed by atoms with Gasteiger partial charge in [0, 0.05) is 17.8 Å². The second-order valence-electron chi connectivity index (χ2n) is 5.00. The normalized spacial score (nSPS) is 16.0. The highest BCUT2D eigenvalue weighted by Crippen LogP contribution is 2.33. The summed E-state index contributed by atoms with van der Waals surface area (Å²) >= 11 is 9.44. The number of amides is 2. The van der Waals surface area contributed by atoms with E-state index in [1.165, 1.54) is 28.0 Å². The molecule has 2 aromatic rings. The van der Waals surface area contributed by atoms with Crippen molar-refractivity contribution in [3.05, 3.63) is 32.3 Å². The van der Waals surface area contributed by atoms with Crippen molar-refractivity contribution in [2.24, 2.45) is 0 Å². The van der Waals surface area contributed by atoms with Crippen LogP contribution in [0.1, 0.15) is 23.2 Å². The van der Waals surface area contributed by atoms with Crippen LogP contribution in [0.2, 0.25) is 0 Å². The summed E-state index contributed by atoms with van der Waals surface area (Å²) in [6.45, 7) is 2.22. The quantitative estimate of drug-likeness (QED) is 0.581. The molecular weight excluding hydrogens is 396 g/mol. The Hall–Kier alpha value is -1.62. The van der Waals surface area contributed by atoms with Crippen molar-refractivity contribution in [2.75, 3.05) is 11.9 Å². The number of nitrogens with zero attached hydrogens (tertiary/aromatic N) is 3. The van der Waals surface area contributed by atoms with Crippen LogP contribution in [0.25, 0.3) is 6.08 Å². The van der Waals surface area contributed by atoms with Crippen molar-refractivity contribution in [2.45, 2.75) is 19.8 Å². The molecule has 0 atom stereocenters.